The van der Waals surface area contributed by atoms with E-state index in [1.165, 1.54) is 11.3 Å². The van der Waals surface area contributed by atoms with E-state index in [1.54, 1.807) is 13.8 Å². The molecule has 1 heterocycles. The molecule has 1 atom stereocenters. The molecule has 1 N–H and O–H groups in total. The first-order valence-electron chi connectivity index (χ1n) is 6.79. The molecule has 0 saturated carbocycles. The number of ether oxygens (including phenoxy) is 1. The number of aryl methyl sites for hydroxylation is 1. The number of hydrogen-bond acceptors (Lipinski definition) is 6. The highest BCUT2D eigenvalue weighted by Crippen LogP contribution is 2.23. The molecular weight excluding hydrogens is 274 g/mol. The van der Waals surface area contributed by atoms with Crippen molar-refractivity contribution in [3.05, 3.63) is 22.7 Å². The summed E-state index contributed by atoms with van der Waals surface area (Å²) in [5, 5.41) is 4.83. The number of allylic oxidation sites excluding steroid dienone is 2. The van der Waals surface area contributed by atoms with Crippen molar-refractivity contribution in [3.8, 4) is 0 Å². The average molecular weight is 293 g/mol. The van der Waals surface area contributed by atoms with Gasteiger partial charge in [-0.2, -0.15) is 5.10 Å². The smallest absolute Gasteiger partial charge is 0.350 e. The van der Waals surface area contributed by atoms with Gasteiger partial charge in [0.1, 0.15) is 4.88 Å². The lowest BCUT2D eigenvalue weighted by molar-refractivity contribution is 0.0531. The fourth-order valence-corrected chi connectivity index (χ4v) is 2.79. The Morgan fingerprint density at radius 1 is 1.65 bits per heavy atom. The first-order valence-corrected chi connectivity index (χ1v) is 7.61. The fourth-order valence-electron chi connectivity index (χ4n) is 1.98. The first-order chi connectivity index (χ1) is 9.70. The lowest BCUT2D eigenvalue weighted by atomic mass is 9.96. The van der Waals surface area contributed by atoms with Gasteiger partial charge < -0.3 is 4.74 Å². The topological polar surface area (TPSA) is 63.6 Å². The standard InChI is InChI=1S/C14H19N3O2S/c1-3-19-13(18)12-10(2)16-14(20-12)17-15-9-11-7-5-4-6-8-11/h4-5,9,11H,3,6-8H2,1-2H3,(H,16,17)/t11-/m0/s1. The molecule has 0 spiro atoms. The minimum Gasteiger partial charge on any atom is -0.462 e. The van der Waals surface area contributed by atoms with E-state index in [9.17, 15) is 4.79 Å². The van der Waals surface area contributed by atoms with Gasteiger partial charge >= 0.3 is 5.97 Å². The van der Waals surface area contributed by atoms with Crippen LogP contribution in [0.2, 0.25) is 0 Å². The number of thiazole rings is 1. The second-order valence-electron chi connectivity index (χ2n) is 4.59. The largest absolute Gasteiger partial charge is 0.462 e. The van der Waals surface area contributed by atoms with E-state index in [0.29, 0.717) is 28.2 Å². The van der Waals surface area contributed by atoms with Crippen LogP contribution in [0.4, 0.5) is 5.13 Å². The van der Waals surface area contributed by atoms with Crippen molar-refractivity contribution in [1.29, 1.82) is 0 Å². The summed E-state index contributed by atoms with van der Waals surface area (Å²) in [6.07, 6.45) is 9.59. The summed E-state index contributed by atoms with van der Waals surface area (Å²) in [6.45, 7) is 3.95. The number of aromatic nitrogens is 1. The predicted molar refractivity (Wildman–Crippen MR) is 81.4 cm³/mol. The van der Waals surface area contributed by atoms with Crippen LogP contribution in [-0.2, 0) is 4.74 Å². The number of hydrazone groups is 1. The monoisotopic (exact) mass is 293 g/mol. The number of rotatable bonds is 5. The maximum absolute atomic E-state index is 11.7. The summed E-state index contributed by atoms with van der Waals surface area (Å²) in [6, 6.07) is 0. The molecule has 0 aliphatic heterocycles. The van der Waals surface area contributed by atoms with Crippen LogP contribution in [0.5, 0.6) is 0 Å². The summed E-state index contributed by atoms with van der Waals surface area (Å²) < 4.78 is 4.98. The third-order valence-corrected chi connectivity index (χ3v) is 4.05. The summed E-state index contributed by atoms with van der Waals surface area (Å²) in [4.78, 5) is 16.5. The molecule has 2 rings (SSSR count). The maximum atomic E-state index is 11.7. The Bertz CT molecular complexity index is 522. The molecule has 20 heavy (non-hydrogen) atoms. The van der Waals surface area contributed by atoms with Crippen molar-refractivity contribution in [3.63, 3.8) is 0 Å². The predicted octanol–water partition coefficient (Wildman–Crippen LogP) is 3.38. The molecule has 1 aliphatic rings. The van der Waals surface area contributed by atoms with Gasteiger partial charge in [-0.05, 0) is 39.0 Å². The Balaban J connectivity index is 1.93. The minimum absolute atomic E-state index is 0.322. The van der Waals surface area contributed by atoms with Crippen molar-refractivity contribution in [2.24, 2.45) is 11.0 Å². The molecular formula is C14H19N3O2S. The van der Waals surface area contributed by atoms with Crippen LogP contribution in [0, 0.1) is 12.8 Å². The highest BCUT2D eigenvalue weighted by molar-refractivity contribution is 7.17. The maximum Gasteiger partial charge on any atom is 0.350 e. The summed E-state index contributed by atoms with van der Waals surface area (Å²) in [5.41, 5.74) is 3.57. The minimum atomic E-state index is -0.322. The van der Waals surface area contributed by atoms with Crippen LogP contribution in [0.1, 0.15) is 41.6 Å². The van der Waals surface area contributed by atoms with Gasteiger partial charge in [0.25, 0.3) is 0 Å². The third kappa shape index (κ3) is 3.90. The van der Waals surface area contributed by atoms with Gasteiger partial charge in [0.15, 0.2) is 0 Å². The van der Waals surface area contributed by atoms with Gasteiger partial charge in [0.05, 0.1) is 12.3 Å². The fraction of sp³-hybridized carbons (Fsp3) is 0.500. The van der Waals surface area contributed by atoms with Crippen molar-refractivity contribution >= 4 is 28.7 Å². The summed E-state index contributed by atoms with van der Waals surface area (Å²) >= 11 is 1.27. The van der Waals surface area contributed by atoms with E-state index in [2.05, 4.69) is 27.7 Å². The van der Waals surface area contributed by atoms with Gasteiger partial charge in [0, 0.05) is 6.21 Å². The van der Waals surface area contributed by atoms with Crippen LogP contribution >= 0.6 is 11.3 Å². The molecule has 0 radical (unpaired) electrons. The van der Waals surface area contributed by atoms with Crippen LogP contribution in [0.25, 0.3) is 0 Å². The van der Waals surface area contributed by atoms with E-state index in [4.69, 9.17) is 4.74 Å². The zero-order valence-electron chi connectivity index (χ0n) is 11.8. The highest BCUT2D eigenvalue weighted by atomic mass is 32.1. The van der Waals surface area contributed by atoms with Crippen molar-refractivity contribution < 1.29 is 9.53 Å². The van der Waals surface area contributed by atoms with Crippen molar-refractivity contribution in [2.45, 2.75) is 33.1 Å². The second-order valence-corrected chi connectivity index (χ2v) is 5.59. The van der Waals surface area contributed by atoms with Crippen molar-refractivity contribution in [1.82, 2.24) is 4.98 Å². The highest BCUT2D eigenvalue weighted by Gasteiger charge is 2.16. The molecule has 0 saturated heterocycles. The van der Waals surface area contributed by atoms with Gasteiger partial charge in [-0.15, -0.1) is 0 Å². The lowest BCUT2D eigenvalue weighted by Crippen LogP contribution is -2.04. The third-order valence-electron chi connectivity index (χ3n) is 3.01. The lowest BCUT2D eigenvalue weighted by Gasteiger charge is -2.11. The van der Waals surface area contributed by atoms with Gasteiger partial charge in [-0.25, -0.2) is 9.78 Å². The number of nitrogens with zero attached hydrogens (tertiary/aromatic N) is 2. The van der Waals surface area contributed by atoms with Crippen LogP contribution in [0.15, 0.2) is 17.3 Å². The molecule has 6 heteroatoms. The molecule has 0 aromatic carbocycles. The summed E-state index contributed by atoms with van der Waals surface area (Å²) in [5.74, 6) is 0.162. The molecule has 108 valence electrons. The molecule has 0 bridgehead atoms. The quantitative estimate of drug-likeness (QED) is 0.391. The SMILES string of the molecule is CCOC(=O)c1sc(NN=C[C@H]2CC=CCC2)nc1C. The zero-order valence-corrected chi connectivity index (χ0v) is 12.6. The molecule has 1 aliphatic carbocycles. The number of esters is 1. The average Bonchev–Trinajstić information content (AvgIpc) is 2.81. The molecule has 1 aromatic heterocycles. The van der Waals surface area contributed by atoms with Crippen molar-refractivity contribution in [2.75, 3.05) is 12.0 Å². The molecule has 0 amide bonds. The Morgan fingerprint density at radius 2 is 2.50 bits per heavy atom. The Morgan fingerprint density at radius 3 is 3.20 bits per heavy atom. The van der Waals surface area contributed by atoms with Gasteiger partial charge in [-0.1, -0.05) is 23.5 Å². The van der Waals surface area contributed by atoms with E-state index in [-0.39, 0.29) is 5.97 Å². The Hall–Kier alpha value is -1.69. The Labute approximate surface area is 122 Å². The summed E-state index contributed by atoms with van der Waals surface area (Å²) in [7, 11) is 0. The molecule has 0 unspecified atom stereocenters. The molecule has 0 fully saturated rings. The van der Waals surface area contributed by atoms with Crippen LogP contribution in [0.3, 0.4) is 0 Å². The number of hydrogen-bond donors (Lipinski definition) is 1. The molecule has 5 nitrogen and oxygen atoms in total. The van der Waals surface area contributed by atoms with E-state index >= 15 is 0 Å². The first kappa shape index (κ1) is 14.7. The van der Waals surface area contributed by atoms with Gasteiger partial charge in [-0.3, -0.25) is 5.43 Å². The molecule has 1 aromatic rings. The number of nitrogens with one attached hydrogen (secondary N) is 1. The zero-order chi connectivity index (χ0) is 14.4. The van der Waals surface area contributed by atoms with E-state index in [0.717, 1.165) is 19.3 Å². The Kier molecular flexibility index (Phi) is 5.29. The van der Waals surface area contributed by atoms with E-state index in [1.807, 2.05) is 6.21 Å². The normalized spacial score (nSPS) is 18.4. The van der Waals surface area contributed by atoms with Crippen LogP contribution < -0.4 is 5.43 Å². The second kappa shape index (κ2) is 7.19. The van der Waals surface area contributed by atoms with Gasteiger partial charge in [0.2, 0.25) is 5.13 Å². The van der Waals surface area contributed by atoms with Crippen LogP contribution in [-0.4, -0.2) is 23.8 Å². The van der Waals surface area contributed by atoms with E-state index < -0.39 is 0 Å². The number of anilines is 1. The number of carbonyl (C=O) groups is 1. The number of carbonyl (C=O) groups excluding carboxylic acids is 1.